The van der Waals surface area contributed by atoms with Crippen LogP contribution in [0.3, 0.4) is 0 Å². The highest BCUT2D eigenvalue weighted by molar-refractivity contribution is 5.80. The van der Waals surface area contributed by atoms with Gasteiger partial charge in [-0.2, -0.15) is 5.10 Å². The number of nitrogens with one attached hydrogen (secondary N) is 1. The normalized spacial score (nSPS) is 12.5. The molecule has 3 aromatic rings. The number of hydrogen-bond acceptors (Lipinski definition) is 3. The van der Waals surface area contributed by atoms with Crippen LogP contribution in [0, 0.1) is 0 Å². The van der Waals surface area contributed by atoms with Gasteiger partial charge in [0.2, 0.25) is 5.91 Å². The van der Waals surface area contributed by atoms with Crippen LogP contribution in [0.1, 0.15) is 49.6 Å². The summed E-state index contributed by atoms with van der Waals surface area (Å²) in [6.07, 6.45) is 3.98. The second-order valence-corrected chi connectivity index (χ2v) is 6.80. The number of aromatic nitrogens is 3. The number of amides is 1. The van der Waals surface area contributed by atoms with E-state index >= 15 is 0 Å². The van der Waals surface area contributed by atoms with Crippen molar-refractivity contribution >= 4 is 16.8 Å². The first-order valence-electron chi connectivity index (χ1n) is 8.60. The number of pyridine rings is 1. The molecule has 130 valence electrons. The summed E-state index contributed by atoms with van der Waals surface area (Å²) in [6, 6.07) is 10.1. The van der Waals surface area contributed by atoms with E-state index in [1.807, 2.05) is 38.4 Å². The maximum absolute atomic E-state index is 12.3. The molecule has 5 heteroatoms. The van der Waals surface area contributed by atoms with Crippen molar-refractivity contribution in [3.63, 3.8) is 0 Å². The Kier molecular flexibility index (Phi) is 4.83. The summed E-state index contributed by atoms with van der Waals surface area (Å²) in [6.45, 7) is 6.27. The quantitative estimate of drug-likeness (QED) is 0.775. The van der Waals surface area contributed by atoms with E-state index in [1.54, 1.807) is 10.9 Å². The Labute approximate surface area is 148 Å². The largest absolute Gasteiger partial charge is 0.348 e. The van der Waals surface area contributed by atoms with E-state index in [2.05, 4.69) is 41.4 Å². The zero-order chi connectivity index (χ0) is 18.0. The van der Waals surface area contributed by atoms with E-state index in [-0.39, 0.29) is 11.9 Å². The molecule has 2 heterocycles. The van der Waals surface area contributed by atoms with Crippen LogP contribution >= 0.6 is 0 Å². The standard InChI is InChI=1S/C20H24N4O/c1-13(2)16-7-5-15(6-8-16)9-20(25)23-14(3)18-10-17-11-22-24(4)19(17)12-21-18/h5-8,10-14H,9H2,1-4H3,(H,23,25). The zero-order valence-electron chi connectivity index (χ0n) is 15.2. The van der Waals surface area contributed by atoms with Crippen LogP contribution in [0.4, 0.5) is 0 Å². The predicted octanol–water partition coefficient (Wildman–Crippen LogP) is 3.51. The average Bonchev–Trinajstić information content (AvgIpc) is 2.96. The summed E-state index contributed by atoms with van der Waals surface area (Å²) < 4.78 is 1.79. The van der Waals surface area contributed by atoms with Gasteiger partial charge in [-0.05, 0) is 30.0 Å². The number of nitrogens with zero attached hydrogens (tertiary/aromatic N) is 3. The fourth-order valence-electron chi connectivity index (χ4n) is 2.87. The van der Waals surface area contributed by atoms with Gasteiger partial charge in [0.15, 0.2) is 0 Å². The minimum absolute atomic E-state index is 0.00196. The molecule has 0 aliphatic rings. The van der Waals surface area contributed by atoms with Crippen molar-refractivity contribution in [3.8, 4) is 0 Å². The summed E-state index contributed by atoms with van der Waals surface area (Å²) in [4.78, 5) is 16.8. The summed E-state index contributed by atoms with van der Waals surface area (Å²) >= 11 is 0. The minimum Gasteiger partial charge on any atom is -0.348 e. The maximum atomic E-state index is 12.3. The van der Waals surface area contributed by atoms with Crippen molar-refractivity contribution in [2.24, 2.45) is 7.05 Å². The monoisotopic (exact) mass is 336 g/mol. The van der Waals surface area contributed by atoms with Gasteiger partial charge in [-0.3, -0.25) is 14.5 Å². The third-order valence-electron chi connectivity index (χ3n) is 4.49. The number of carbonyl (C=O) groups excluding carboxylic acids is 1. The average molecular weight is 336 g/mol. The maximum Gasteiger partial charge on any atom is 0.224 e. The molecule has 0 saturated carbocycles. The first-order valence-corrected chi connectivity index (χ1v) is 8.60. The van der Waals surface area contributed by atoms with E-state index < -0.39 is 0 Å². The van der Waals surface area contributed by atoms with Gasteiger partial charge in [0, 0.05) is 12.4 Å². The van der Waals surface area contributed by atoms with E-state index in [4.69, 9.17) is 0 Å². The van der Waals surface area contributed by atoms with Gasteiger partial charge in [-0.15, -0.1) is 0 Å². The SMILES string of the molecule is CC(C)c1ccc(CC(=O)NC(C)c2cc3cnn(C)c3cn2)cc1. The van der Waals surface area contributed by atoms with Gasteiger partial charge in [0.1, 0.15) is 0 Å². The van der Waals surface area contributed by atoms with E-state index in [9.17, 15) is 4.79 Å². The molecule has 0 saturated heterocycles. The van der Waals surface area contributed by atoms with Crippen LogP contribution in [0.5, 0.6) is 0 Å². The van der Waals surface area contributed by atoms with Crippen molar-refractivity contribution in [2.45, 2.75) is 39.2 Å². The number of carbonyl (C=O) groups is 1. The second-order valence-electron chi connectivity index (χ2n) is 6.80. The molecule has 1 amide bonds. The zero-order valence-corrected chi connectivity index (χ0v) is 15.2. The van der Waals surface area contributed by atoms with Crippen LogP contribution in [0.25, 0.3) is 10.9 Å². The molecular formula is C20H24N4O. The molecule has 0 radical (unpaired) electrons. The van der Waals surface area contributed by atoms with Crippen molar-refractivity contribution in [1.29, 1.82) is 0 Å². The third-order valence-corrected chi connectivity index (χ3v) is 4.49. The molecule has 1 unspecified atom stereocenters. The fourth-order valence-corrected chi connectivity index (χ4v) is 2.87. The van der Waals surface area contributed by atoms with Gasteiger partial charge in [0.25, 0.3) is 0 Å². The predicted molar refractivity (Wildman–Crippen MR) is 99.3 cm³/mol. The molecule has 0 aliphatic carbocycles. The van der Waals surface area contributed by atoms with Crippen molar-refractivity contribution in [3.05, 3.63) is 59.5 Å². The molecule has 1 N–H and O–H groups in total. The highest BCUT2D eigenvalue weighted by Gasteiger charge is 2.13. The number of benzene rings is 1. The number of hydrogen-bond donors (Lipinski definition) is 1. The molecule has 1 aromatic carbocycles. The molecule has 0 fully saturated rings. The lowest BCUT2D eigenvalue weighted by Gasteiger charge is -2.14. The number of rotatable bonds is 5. The van der Waals surface area contributed by atoms with Gasteiger partial charge < -0.3 is 5.32 Å². The highest BCUT2D eigenvalue weighted by Crippen LogP contribution is 2.18. The Morgan fingerprint density at radius 2 is 1.88 bits per heavy atom. The lowest BCUT2D eigenvalue weighted by Crippen LogP contribution is -2.28. The van der Waals surface area contributed by atoms with E-state index in [0.717, 1.165) is 22.2 Å². The Hall–Kier alpha value is -2.69. The van der Waals surface area contributed by atoms with Crippen LogP contribution in [0.15, 0.2) is 42.7 Å². The Bertz CT molecular complexity index is 880. The van der Waals surface area contributed by atoms with Gasteiger partial charge >= 0.3 is 0 Å². The molecule has 25 heavy (non-hydrogen) atoms. The Morgan fingerprint density at radius 1 is 1.16 bits per heavy atom. The Morgan fingerprint density at radius 3 is 2.56 bits per heavy atom. The molecular weight excluding hydrogens is 312 g/mol. The van der Waals surface area contributed by atoms with Crippen molar-refractivity contribution in [2.75, 3.05) is 0 Å². The minimum atomic E-state index is -0.146. The number of fused-ring (bicyclic) bond motifs is 1. The Balaban J connectivity index is 1.64. The first kappa shape index (κ1) is 17.1. The summed E-state index contributed by atoms with van der Waals surface area (Å²) in [5, 5.41) is 8.27. The molecule has 3 rings (SSSR count). The van der Waals surface area contributed by atoms with Crippen LogP contribution in [0.2, 0.25) is 0 Å². The molecule has 2 aromatic heterocycles. The van der Waals surface area contributed by atoms with Gasteiger partial charge in [-0.1, -0.05) is 38.1 Å². The lowest BCUT2D eigenvalue weighted by atomic mass is 10.0. The topological polar surface area (TPSA) is 59.8 Å². The number of aryl methyl sites for hydroxylation is 1. The summed E-state index contributed by atoms with van der Waals surface area (Å²) in [5.74, 6) is 0.495. The first-order chi connectivity index (χ1) is 11.9. The van der Waals surface area contributed by atoms with Gasteiger partial charge in [0.05, 0.1) is 36.1 Å². The second kappa shape index (κ2) is 7.05. The lowest BCUT2D eigenvalue weighted by molar-refractivity contribution is -0.121. The molecule has 5 nitrogen and oxygen atoms in total. The smallest absolute Gasteiger partial charge is 0.224 e. The van der Waals surface area contributed by atoms with Crippen molar-refractivity contribution < 1.29 is 4.79 Å². The van der Waals surface area contributed by atoms with Crippen LogP contribution < -0.4 is 5.32 Å². The van der Waals surface area contributed by atoms with Crippen LogP contribution in [-0.4, -0.2) is 20.7 Å². The van der Waals surface area contributed by atoms with Crippen molar-refractivity contribution in [1.82, 2.24) is 20.1 Å². The summed E-state index contributed by atoms with van der Waals surface area (Å²) in [7, 11) is 1.89. The van der Waals surface area contributed by atoms with Gasteiger partial charge in [-0.25, -0.2) is 0 Å². The molecule has 0 aliphatic heterocycles. The third kappa shape index (κ3) is 3.87. The molecule has 0 spiro atoms. The van der Waals surface area contributed by atoms with Crippen LogP contribution in [-0.2, 0) is 18.3 Å². The summed E-state index contributed by atoms with van der Waals surface area (Å²) in [5.41, 5.74) is 4.12. The highest BCUT2D eigenvalue weighted by atomic mass is 16.1. The van der Waals surface area contributed by atoms with E-state index in [0.29, 0.717) is 12.3 Å². The molecule has 1 atom stereocenters. The van der Waals surface area contributed by atoms with E-state index in [1.165, 1.54) is 5.56 Å². The molecule has 0 bridgehead atoms. The fraction of sp³-hybridized carbons (Fsp3) is 0.350.